The molecule has 0 saturated carbocycles. The SMILES string of the molecule is CNC(C)c1nnc(-c2ccc3c(c2)COC3)o1. The fourth-order valence-corrected chi connectivity index (χ4v) is 1.95. The van der Waals surface area contributed by atoms with E-state index in [-0.39, 0.29) is 6.04 Å². The van der Waals surface area contributed by atoms with Gasteiger partial charge < -0.3 is 14.5 Å². The highest BCUT2D eigenvalue weighted by Gasteiger charge is 2.16. The lowest BCUT2D eigenvalue weighted by atomic mass is 10.1. The Morgan fingerprint density at radius 1 is 1.22 bits per heavy atom. The third kappa shape index (κ3) is 1.91. The summed E-state index contributed by atoms with van der Waals surface area (Å²) in [5.74, 6) is 1.16. The number of rotatable bonds is 3. The van der Waals surface area contributed by atoms with E-state index < -0.39 is 0 Å². The van der Waals surface area contributed by atoms with Gasteiger partial charge in [0.25, 0.3) is 0 Å². The Kier molecular flexibility index (Phi) is 2.85. The Morgan fingerprint density at radius 3 is 2.89 bits per heavy atom. The highest BCUT2D eigenvalue weighted by Crippen LogP contribution is 2.26. The molecule has 1 N–H and O–H groups in total. The molecule has 1 unspecified atom stereocenters. The molecule has 5 heteroatoms. The van der Waals surface area contributed by atoms with Crippen molar-refractivity contribution < 1.29 is 9.15 Å². The van der Waals surface area contributed by atoms with Crippen LogP contribution >= 0.6 is 0 Å². The Hall–Kier alpha value is -1.72. The van der Waals surface area contributed by atoms with Crippen molar-refractivity contribution in [2.75, 3.05) is 7.05 Å². The molecule has 0 bridgehead atoms. The third-order valence-electron chi connectivity index (χ3n) is 3.21. The average molecular weight is 245 g/mol. The first-order valence-corrected chi connectivity index (χ1v) is 5.98. The molecule has 18 heavy (non-hydrogen) atoms. The fraction of sp³-hybridized carbons (Fsp3) is 0.385. The molecule has 1 aliphatic rings. The highest BCUT2D eigenvalue weighted by atomic mass is 16.5. The molecule has 1 aromatic carbocycles. The largest absolute Gasteiger partial charge is 0.419 e. The van der Waals surface area contributed by atoms with Crippen LogP contribution in [0.15, 0.2) is 22.6 Å². The summed E-state index contributed by atoms with van der Waals surface area (Å²) in [5.41, 5.74) is 3.39. The van der Waals surface area contributed by atoms with Crippen LogP contribution in [0, 0.1) is 0 Å². The van der Waals surface area contributed by atoms with Crippen molar-refractivity contribution in [2.24, 2.45) is 0 Å². The second kappa shape index (κ2) is 4.51. The molecule has 3 rings (SSSR count). The van der Waals surface area contributed by atoms with Crippen molar-refractivity contribution in [3.05, 3.63) is 35.2 Å². The number of hydrogen-bond acceptors (Lipinski definition) is 5. The van der Waals surface area contributed by atoms with Gasteiger partial charge in [-0.3, -0.25) is 0 Å². The van der Waals surface area contributed by atoms with Crippen LogP contribution < -0.4 is 5.32 Å². The first kappa shape index (κ1) is 11.4. The lowest BCUT2D eigenvalue weighted by Crippen LogP contribution is -2.12. The van der Waals surface area contributed by atoms with Crippen LogP contribution in [-0.2, 0) is 18.0 Å². The van der Waals surface area contributed by atoms with Crippen molar-refractivity contribution in [1.29, 1.82) is 0 Å². The molecule has 0 radical (unpaired) electrons. The van der Waals surface area contributed by atoms with E-state index in [0.717, 1.165) is 5.56 Å². The normalized spacial score (nSPS) is 15.7. The lowest BCUT2D eigenvalue weighted by Gasteiger charge is -2.02. The summed E-state index contributed by atoms with van der Waals surface area (Å²) < 4.78 is 11.0. The van der Waals surface area contributed by atoms with Crippen LogP contribution in [0.3, 0.4) is 0 Å². The van der Waals surface area contributed by atoms with E-state index in [2.05, 4.69) is 27.6 Å². The number of ether oxygens (including phenoxy) is 1. The van der Waals surface area contributed by atoms with Gasteiger partial charge >= 0.3 is 0 Å². The van der Waals surface area contributed by atoms with E-state index in [1.807, 2.05) is 20.0 Å². The fourth-order valence-electron chi connectivity index (χ4n) is 1.95. The third-order valence-corrected chi connectivity index (χ3v) is 3.21. The van der Waals surface area contributed by atoms with Crippen molar-refractivity contribution >= 4 is 0 Å². The molecule has 5 nitrogen and oxygen atoms in total. The molecular formula is C13H15N3O2. The van der Waals surface area contributed by atoms with Crippen LogP contribution in [0.5, 0.6) is 0 Å². The molecule has 0 saturated heterocycles. The van der Waals surface area contributed by atoms with Crippen molar-refractivity contribution in [1.82, 2.24) is 15.5 Å². The van der Waals surface area contributed by atoms with E-state index in [4.69, 9.17) is 9.15 Å². The summed E-state index contributed by atoms with van der Waals surface area (Å²) in [6, 6.07) is 6.17. The van der Waals surface area contributed by atoms with Gasteiger partial charge in [-0.05, 0) is 37.2 Å². The Labute approximate surface area is 105 Å². The lowest BCUT2D eigenvalue weighted by molar-refractivity contribution is 0.134. The zero-order chi connectivity index (χ0) is 12.5. The molecule has 0 aliphatic carbocycles. The Balaban J connectivity index is 1.92. The highest BCUT2D eigenvalue weighted by molar-refractivity contribution is 5.55. The van der Waals surface area contributed by atoms with Gasteiger partial charge in [-0.2, -0.15) is 0 Å². The zero-order valence-electron chi connectivity index (χ0n) is 10.4. The summed E-state index contributed by atoms with van der Waals surface area (Å²) in [4.78, 5) is 0. The average Bonchev–Trinajstić information content (AvgIpc) is 3.05. The van der Waals surface area contributed by atoms with E-state index in [0.29, 0.717) is 25.0 Å². The first-order chi connectivity index (χ1) is 8.78. The van der Waals surface area contributed by atoms with Crippen LogP contribution in [0.25, 0.3) is 11.5 Å². The van der Waals surface area contributed by atoms with Gasteiger partial charge in [0.1, 0.15) is 0 Å². The maximum atomic E-state index is 5.66. The molecule has 94 valence electrons. The van der Waals surface area contributed by atoms with Crippen molar-refractivity contribution in [2.45, 2.75) is 26.2 Å². The van der Waals surface area contributed by atoms with Gasteiger partial charge in [-0.1, -0.05) is 6.07 Å². The van der Waals surface area contributed by atoms with Crippen LogP contribution in [0.4, 0.5) is 0 Å². The second-order valence-corrected chi connectivity index (χ2v) is 4.43. The molecule has 2 heterocycles. The van der Waals surface area contributed by atoms with E-state index in [9.17, 15) is 0 Å². The predicted molar refractivity (Wildman–Crippen MR) is 65.7 cm³/mol. The van der Waals surface area contributed by atoms with Gasteiger partial charge in [0.2, 0.25) is 11.8 Å². The molecule has 0 fully saturated rings. The number of fused-ring (bicyclic) bond motifs is 1. The molecule has 0 amide bonds. The van der Waals surface area contributed by atoms with E-state index in [1.165, 1.54) is 11.1 Å². The minimum atomic E-state index is 0.0593. The maximum Gasteiger partial charge on any atom is 0.247 e. The summed E-state index contributed by atoms with van der Waals surface area (Å²) in [6.07, 6.45) is 0. The van der Waals surface area contributed by atoms with Gasteiger partial charge in [0.15, 0.2) is 0 Å². The molecule has 1 aliphatic heterocycles. The zero-order valence-corrected chi connectivity index (χ0v) is 10.4. The van der Waals surface area contributed by atoms with E-state index in [1.54, 1.807) is 0 Å². The number of hydrogen-bond donors (Lipinski definition) is 1. The monoisotopic (exact) mass is 245 g/mol. The smallest absolute Gasteiger partial charge is 0.247 e. The summed E-state index contributed by atoms with van der Waals surface area (Å²) >= 11 is 0. The topological polar surface area (TPSA) is 60.2 Å². The molecule has 2 aromatic rings. The summed E-state index contributed by atoms with van der Waals surface area (Å²) in [6.45, 7) is 3.34. The number of nitrogens with zero attached hydrogens (tertiary/aromatic N) is 2. The van der Waals surface area contributed by atoms with Gasteiger partial charge in [-0.25, -0.2) is 0 Å². The first-order valence-electron chi connectivity index (χ1n) is 5.98. The van der Waals surface area contributed by atoms with Crippen molar-refractivity contribution in [3.8, 4) is 11.5 Å². The van der Waals surface area contributed by atoms with Crippen LogP contribution in [0.1, 0.15) is 30.0 Å². The molecule has 1 aromatic heterocycles. The van der Waals surface area contributed by atoms with Crippen LogP contribution in [0.2, 0.25) is 0 Å². The van der Waals surface area contributed by atoms with Crippen LogP contribution in [-0.4, -0.2) is 17.2 Å². The molecule has 0 spiro atoms. The minimum Gasteiger partial charge on any atom is -0.419 e. The van der Waals surface area contributed by atoms with Gasteiger partial charge in [0.05, 0.1) is 19.3 Å². The summed E-state index contributed by atoms with van der Waals surface area (Å²) in [7, 11) is 1.86. The van der Waals surface area contributed by atoms with E-state index >= 15 is 0 Å². The number of benzene rings is 1. The van der Waals surface area contributed by atoms with Crippen molar-refractivity contribution in [3.63, 3.8) is 0 Å². The number of nitrogens with one attached hydrogen (secondary N) is 1. The standard InChI is InChI=1S/C13H15N3O2/c1-8(14-2)12-15-16-13(18-12)9-3-4-10-6-17-7-11(10)5-9/h3-5,8,14H,6-7H2,1-2H3. The quantitative estimate of drug-likeness (QED) is 0.896. The second-order valence-electron chi connectivity index (χ2n) is 4.43. The Morgan fingerprint density at radius 2 is 2.06 bits per heavy atom. The van der Waals surface area contributed by atoms with Gasteiger partial charge in [0, 0.05) is 5.56 Å². The maximum absolute atomic E-state index is 5.66. The summed E-state index contributed by atoms with van der Waals surface area (Å²) in [5, 5.41) is 11.2. The van der Waals surface area contributed by atoms with Gasteiger partial charge in [-0.15, -0.1) is 10.2 Å². The number of aromatic nitrogens is 2. The predicted octanol–water partition coefficient (Wildman–Crippen LogP) is 2.05. The minimum absolute atomic E-state index is 0.0593. The molecular weight excluding hydrogens is 230 g/mol. The Bertz CT molecular complexity index is 565. The molecule has 1 atom stereocenters.